The number of carbonyl (C=O) groups is 1. The first kappa shape index (κ1) is 15.3. The molecule has 5 heteroatoms. The van der Waals surface area contributed by atoms with Crippen LogP contribution in [-0.4, -0.2) is 37.6 Å². The van der Waals surface area contributed by atoms with Crippen molar-refractivity contribution in [3.8, 4) is 0 Å². The number of rotatable bonds is 4. The van der Waals surface area contributed by atoms with Gasteiger partial charge in [0.1, 0.15) is 5.00 Å². The number of esters is 1. The monoisotopic (exact) mass is 296 g/mol. The predicted octanol–water partition coefficient (Wildman–Crippen LogP) is 2.70. The molecule has 0 amide bonds. The van der Waals surface area contributed by atoms with Crippen molar-refractivity contribution < 1.29 is 9.53 Å². The fourth-order valence-corrected chi connectivity index (χ4v) is 3.78. The normalized spacial score (nSPS) is 17.4. The van der Waals surface area contributed by atoms with Crippen molar-refractivity contribution in [3.63, 3.8) is 0 Å². The number of carbonyl (C=O) groups excluding carboxylic acids is 1. The van der Waals surface area contributed by atoms with Gasteiger partial charge in [-0.25, -0.2) is 4.79 Å². The minimum Gasteiger partial charge on any atom is -0.465 e. The van der Waals surface area contributed by atoms with Crippen LogP contribution in [0, 0.1) is 12.8 Å². The average Bonchev–Trinajstić information content (AvgIpc) is 2.72. The summed E-state index contributed by atoms with van der Waals surface area (Å²) in [5, 5.41) is 0.580. The predicted molar refractivity (Wildman–Crippen MR) is 83.3 cm³/mol. The Hall–Kier alpha value is -1.07. The number of anilines is 1. The van der Waals surface area contributed by atoms with Gasteiger partial charge in [0.25, 0.3) is 0 Å². The third-order valence-electron chi connectivity index (χ3n) is 4.19. The molecule has 2 N–H and O–H groups in total. The second-order valence-corrected chi connectivity index (χ2v) is 6.79. The lowest BCUT2D eigenvalue weighted by Crippen LogP contribution is -2.34. The molecule has 1 aromatic rings. The maximum absolute atomic E-state index is 11.7. The Kier molecular flexibility index (Phi) is 5.05. The molecule has 2 rings (SSSR count). The zero-order valence-corrected chi connectivity index (χ0v) is 13.4. The Morgan fingerprint density at radius 2 is 2.10 bits per heavy atom. The number of piperidine rings is 1. The van der Waals surface area contributed by atoms with Crippen LogP contribution in [0.2, 0.25) is 0 Å². The van der Waals surface area contributed by atoms with E-state index in [1.165, 1.54) is 49.3 Å². The van der Waals surface area contributed by atoms with Crippen LogP contribution >= 0.6 is 11.3 Å². The van der Waals surface area contributed by atoms with Crippen molar-refractivity contribution in [1.82, 2.24) is 4.90 Å². The van der Waals surface area contributed by atoms with Crippen molar-refractivity contribution in [1.29, 1.82) is 0 Å². The van der Waals surface area contributed by atoms with Gasteiger partial charge >= 0.3 is 5.97 Å². The van der Waals surface area contributed by atoms with Crippen LogP contribution in [0.25, 0.3) is 0 Å². The van der Waals surface area contributed by atoms with Gasteiger partial charge in [-0.3, -0.25) is 0 Å². The van der Waals surface area contributed by atoms with E-state index in [1.807, 2.05) is 6.92 Å². The lowest BCUT2D eigenvalue weighted by atomic mass is 9.99. The molecular weight excluding hydrogens is 272 g/mol. The Morgan fingerprint density at radius 3 is 2.70 bits per heavy atom. The van der Waals surface area contributed by atoms with Gasteiger partial charge in [0, 0.05) is 11.4 Å². The fraction of sp³-hybridized carbons (Fsp3) is 0.667. The fourth-order valence-electron chi connectivity index (χ4n) is 2.72. The Balaban J connectivity index is 1.98. The van der Waals surface area contributed by atoms with Crippen molar-refractivity contribution in [2.45, 2.75) is 33.1 Å². The molecule has 0 radical (unpaired) electrons. The molecule has 1 aliphatic heterocycles. The van der Waals surface area contributed by atoms with Crippen molar-refractivity contribution in [2.75, 3.05) is 32.5 Å². The first-order valence-electron chi connectivity index (χ1n) is 7.21. The zero-order chi connectivity index (χ0) is 14.7. The molecule has 1 aliphatic rings. The van der Waals surface area contributed by atoms with Crippen molar-refractivity contribution in [2.24, 2.45) is 5.92 Å². The van der Waals surface area contributed by atoms with E-state index < -0.39 is 0 Å². The molecule has 1 aromatic heterocycles. The summed E-state index contributed by atoms with van der Waals surface area (Å²) in [7, 11) is 1.40. The number of thiophene rings is 1. The van der Waals surface area contributed by atoms with Gasteiger partial charge in [0.2, 0.25) is 0 Å². The lowest BCUT2D eigenvalue weighted by Gasteiger charge is -2.30. The number of nitrogens with two attached hydrogens (primary N) is 1. The second kappa shape index (κ2) is 6.59. The van der Waals surface area contributed by atoms with Crippen LogP contribution in [-0.2, 0) is 11.2 Å². The first-order valence-corrected chi connectivity index (χ1v) is 8.03. The van der Waals surface area contributed by atoms with Crippen LogP contribution in [0.4, 0.5) is 5.00 Å². The minimum absolute atomic E-state index is 0.325. The van der Waals surface area contributed by atoms with Gasteiger partial charge < -0.3 is 15.4 Å². The third-order valence-corrected chi connectivity index (χ3v) is 5.37. The molecule has 20 heavy (non-hydrogen) atoms. The van der Waals surface area contributed by atoms with Gasteiger partial charge in [-0.15, -0.1) is 11.3 Å². The maximum atomic E-state index is 11.7. The summed E-state index contributed by atoms with van der Waals surface area (Å²) in [6.45, 7) is 7.71. The van der Waals surface area contributed by atoms with E-state index in [0.717, 1.165) is 24.4 Å². The average molecular weight is 296 g/mol. The summed E-state index contributed by atoms with van der Waals surface area (Å²) in [6.07, 6.45) is 3.55. The SMILES string of the molecule is COC(=O)c1c(N)sc(CCN2CCC(C)CC2)c1C. The molecule has 1 fully saturated rings. The molecule has 0 aromatic carbocycles. The Bertz CT molecular complexity index is 476. The van der Waals surface area contributed by atoms with E-state index >= 15 is 0 Å². The van der Waals surface area contributed by atoms with E-state index in [9.17, 15) is 4.79 Å². The number of likely N-dealkylation sites (tertiary alicyclic amines) is 1. The number of methoxy groups -OCH3 is 1. The molecule has 0 bridgehead atoms. The van der Waals surface area contributed by atoms with E-state index in [2.05, 4.69) is 11.8 Å². The first-order chi connectivity index (χ1) is 9.52. The molecule has 0 spiro atoms. The van der Waals surface area contributed by atoms with Crippen molar-refractivity contribution >= 4 is 22.3 Å². The quantitative estimate of drug-likeness (QED) is 0.868. The maximum Gasteiger partial charge on any atom is 0.341 e. The van der Waals surface area contributed by atoms with Crippen LogP contribution in [0.3, 0.4) is 0 Å². The number of ether oxygens (including phenoxy) is 1. The van der Waals surface area contributed by atoms with Crippen LogP contribution in [0.1, 0.15) is 40.6 Å². The molecule has 0 aliphatic carbocycles. The van der Waals surface area contributed by atoms with E-state index in [4.69, 9.17) is 10.5 Å². The Morgan fingerprint density at radius 1 is 1.45 bits per heavy atom. The van der Waals surface area contributed by atoms with Gasteiger partial charge in [0.05, 0.1) is 12.7 Å². The van der Waals surface area contributed by atoms with Gasteiger partial charge in [-0.05, 0) is 50.8 Å². The molecule has 112 valence electrons. The number of hydrogen-bond donors (Lipinski definition) is 1. The summed E-state index contributed by atoms with van der Waals surface area (Å²) in [5.74, 6) is 0.533. The third kappa shape index (κ3) is 3.33. The summed E-state index contributed by atoms with van der Waals surface area (Å²) in [5.41, 5.74) is 7.50. The molecule has 4 nitrogen and oxygen atoms in total. The number of hydrogen-bond acceptors (Lipinski definition) is 5. The second-order valence-electron chi connectivity index (χ2n) is 5.66. The largest absolute Gasteiger partial charge is 0.465 e. The Labute approximate surface area is 124 Å². The van der Waals surface area contributed by atoms with Crippen LogP contribution < -0.4 is 5.73 Å². The zero-order valence-electron chi connectivity index (χ0n) is 12.6. The van der Waals surface area contributed by atoms with E-state index in [0.29, 0.717) is 10.6 Å². The van der Waals surface area contributed by atoms with E-state index in [-0.39, 0.29) is 5.97 Å². The van der Waals surface area contributed by atoms with Gasteiger partial charge in [-0.1, -0.05) is 6.92 Å². The lowest BCUT2D eigenvalue weighted by molar-refractivity contribution is 0.0601. The molecular formula is C15H24N2O2S. The summed E-state index contributed by atoms with van der Waals surface area (Å²) in [6, 6.07) is 0. The highest BCUT2D eigenvalue weighted by atomic mass is 32.1. The molecule has 0 unspecified atom stereocenters. The standard InChI is InChI=1S/C15H24N2O2S/c1-10-4-7-17(8-5-10)9-6-12-11(2)13(14(16)20-12)15(18)19-3/h10H,4-9,16H2,1-3H3. The highest BCUT2D eigenvalue weighted by Crippen LogP contribution is 2.31. The van der Waals surface area contributed by atoms with Crippen molar-refractivity contribution in [3.05, 3.63) is 16.0 Å². The van der Waals surface area contributed by atoms with E-state index in [1.54, 1.807) is 0 Å². The molecule has 2 heterocycles. The minimum atomic E-state index is -0.325. The summed E-state index contributed by atoms with van der Waals surface area (Å²) < 4.78 is 4.79. The topological polar surface area (TPSA) is 55.6 Å². The van der Waals surface area contributed by atoms with Crippen LogP contribution in [0.15, 0.2) is 0 Å². The summed E-state index contributed by atoms with van der Waals surface area (Å²) in [4.78, 5) is 15.4. The smallest absolute Gasteiger partial charge is 0.341 e. The highest BCUT2D eigenvalue weighted by Gasteiger charge is 2.21. The number of nitrogens with zero attached hydrogens (tertiary/aromatic N) is 1. The number of nitrogen functional groups attached to an aromatic ring is 1. The highest BCUT2D eigenvalue weighted by molar-refractivity contribution is 7.16. The van der Waals surface area contributed by atoms with Gasteiger partial charge in [0.15, 0.2) is 0 Å². The molecule has 1 saturated heterocycles. The molecule has 0 saturated carbocycles. The molecule has 0 atom stereocenters. The van der Waals surface area contributed by atoms with Gasteiger partial charge in [-0.2, -0.15) is 0 Å². The van der Waals surface area contributed by atoms with Crippen LogP contribution in [0.5, 0.6) is 0 Å². The summed E-state index contributed by atoms with van der Waals surface area (Å²) >= 11 is 1.52.